The quantitative estimate of drug-likeness (QED) is 0.898. The van der Waals surface area contributed by atoms with Crippen molar-refractivity contribution >= 4 is 11.6 Å². The maximum absolute atomic E-state index is 12.5. The maximum Gasteiger partial charge on any atom is 0.387 e. The van der Waals surface area contributed by atoms with Gasteiger partial charge in [0.1, 0.15) is 12.4 Å². The molecule has 1 aliphatic rings. The monoisotopic (exact) mass is 349 g/mol. The molecule has 0 spiro atoms. The van der Waals surface area contributed by atoms with E-state index in [1.807, 2.05) is 24.3 Å². The zero-order chi connectivity index (χ0) is 17.8. The third-order valence-electron chi connectivity index (χ3n) is 3.90. The molecule has 3 rings (SSSR count). The van der Waals surface area contributed by atoms with Crippen molar-refractivity contribution in [3.63, 3.8) is 0 Å². The number of benzene rings is 2. The Labute approximate surface area is 143 Å². The molecular formula is C18H17F2NO4. The van der Waals surface area contributed by atoms with Crippen LogP contribution in [0.4, 0.5) is 14.5 Å². The Morgan fingerprint density at radius 2 is 2.04 bits per heavy atom. The fourth-order valence-electron chi connectivity index (χ4n) is 2.68. The average Bonchev–Trinajstić information content (AvgIpc) is 2.61. The molecule has 1 atom stereocenters. The molecular weight excluding hydrogens is 332 g/mol. The zero-order valence-electron chi connectivity index (χ0n) is 13.5. The van der Waals surface area contributed by atoms with E-state index in [0.29, 0.717) is 12.1 Å². The summed E-state index contributed by atoms with van der Waals surface area (Å²) >= 11 is 0. The van der Waals surface area contributed by atoms with Crippen LogP contribution in [-0.2, 0) is 11.2 Å². The predicted molar refractivity (Wildman–Crippen MR) is 87.4 cm³/mol. The number of alkyl halides is 2. The van der Waals surface area contributed by atoms with Crippen LogP contribution in [0.3, 0.4) is 0 Å². The fourth-order valence-corrected chi connectivity index (χ4v) is 2.68. The Bertz CT molecular complexity index is 766. The number of fused-ring (bicyclic) bond motifs is 1. The third kappa shape index (κ3) is 3.99. The van der Waals surface area contributed by atoms with E-state index in [4.69, 9.17) is 9.47 Å². The van der Waals surface area contributed by atoms with Crippen molar-refractivity contribution in [3.05, 3.63) is 48.0 Å². The first-order valence-corrected chi connectivity index (χ1v) is 7.71. The Morgan fingerprint density at radius 3 is 2.80 bits per heavy atom. The first-order chi connectivity index (χ1) is 12.1. The number of amides is 1. The molecule has 0 saturated carbocycles. The Hall–Kier alpha value is -2.83. The molecule has 1 unspecified atom stereocenters. The molecule has 132 valence electrons. The Balaban J connectivity index is 1.71. The van der Waals surface area contributed by atoms with Gasteiger partial charge in [0.25, 0.3) is 0 Å². The minimum atomic E-state index is -2.98. The largest absolute Gasteiger partial charge is 0.493 e. The SMILES string of the molecule is COc1ccc(NC(=O)C2COc3ccccc3C2)cc1OC(F)F. The van der Waals surface area contributed by atoms with Crippen molar-refractivity contribution in [2.45, 2.75) is 13.0 Å². The van der Waals surface area contributed by atoms with Crippen molar-refractivity contribution in [1.82, 2.24) is 0 Å². The van der Waals surface area contributed by atoms with Gasteiger partial charge in [0.15, 0.2) is 11.5 Å². The molecule has 1 aliphatic heterocycles. The molecule has 2 aromatic carbocycles. The highest BCUT2D eigenvalue weighted by molar-refractivity contribution is 5.93. The van der Waals surface area contributed by atoms with Gasteiger partial charge >= 0.3 is 6.61 Å². The first kappa shape index (κ1) is 17.0. The summed E-state index contributed by atoms with van der Waals surface area (Å²) in [6, 6.07) is 11.9. The van der Waals surface area contributed by atoms with Crippen LogP contribution >= 0.6 is 0 Å². The number of anilines is 1. The molecule has 0 aromatic heterocycles. The molecule has 1 amide bonds. The third-order valence-corrected chi connectivity index (χ3v) is 3.90. The predicted octanol–water partition coefficient (Wildman–Crippen LogP) is 3.49. The number of halogens is 2. The van der Waals surface area contributed by atoms with E-state index >= 15 is 0 Å². The number of hydrogen-bond acceptors (Lipinski definition) is 4. The smallest absolute Gasteiger partial charge is 0.387 e. The van der Waals surface area contributed by atoms with Crippen molar-refractivity contribution in [2.24, 2.45) is 5.92 Å². The molecule has 0 radical (unpaired) electrons. The Kier molecular flexibility index (Phi) is 5.02. The second-order valence-electron chi connectivity index (χ2n) is 5.55. The van der Waals surface area contributed by atoms with Gasteiger partial charge in [0.05, 0.1) is 13.0 Å². The minimum Gasteiger partial charge on any atom is -0.493 e. The van der Waals surface area contributed by atoms with Crippen LogP contribution in [-0.4, -0.2) is 26.2 Å². The van der Waals surface area contributed by atoms with Gasteiger partial charge in [-0.3, -0.25) is 4.79 Å². The number of carbonyl (C=O) groups excluding carboxylic acids is 1. The normalized spacial score (nSPS) is 15.9. The highest BCUT2D eigenvalue weighted by Gasteiger charge is 2.26. The lowest BCUT2D eigenvalue weighted by Crippen LogP contribution is -2.32. The van der Waals surface area contributed by atoms with Crippen LogP contribution in [0.5, 0.6) is 17.2 Å². The number of nitrogens with one attached hydrogen (secondary N) is 1. The lowest BCUT2D eigenvalue weighted by atomic mass is 9.96. The van der Waals surface area contributed by atoms with Gasteiger partial charge in [-0.2, -0.15) is 8.78 Å². The molecule has 2 aromatic rings. The van der Waals surface area contributed by atoms with Gasteiger partial charge in [-0.1, -0.05) is 18.2 Å². The van der Waals surface area contributed by atoms with Crippen molar-refractivity contribution in [1.29, 1.82) is 0 Å². The summed E-state index contributed by atoms with van der Waals surface area (Å²) in [7, 11) is 1.35. The fraction of sp³-hybridized carbons (Fsp3) is 0.278. The van der Waals surface area contributed by atoms with Crippen molar-refractivity contribution in [3.8, 4) is 17.2 Å². The summed E-state index contributed by atoms with van der Waals surface area (Å²) in [5, 5.41) is 2.71. The number of methoxy groups -OCH3 is 1. The second-order valence-corrected chi connectivity index (χ2v) is 5.55. The molecule has 5 nitrogen and oxygen atoms in total. The molecule has 1 heterocycles. The van der Waals surface area contributed by atoms with Crippen molar-refractivity contribution in [2.75, 3.05) is 19.0 Å². The van der Waals surface area contributed by atoms with Crippen molar-refractivity contribution < 1.29 is 27.8 Å². The number of hydrogen-bond donors (Lipinski definition) is 1. The van der Waals surface area contributed by atoms with Gasteiger partial charge in [0, 0.05) is 11.8 Å². The number of para-hydroxylation sites is 1. The minimum absolute atomic E-state index is 0.138. The molecule has 7 heteroatoms. The summed E-state index contributed by atoms with van der Waals surface area (Å²) in [4.78, 5) is 12.5. The summed E-state index contributed by atoms with van der Waals surface area (Å²) < 4.78 is 40.0. The highest BCUT2D eigenvalue weighted by Crippen LogP contribution is 2.32. The van der Waals surface area contributed by atoms with E-state index in [2.05, 4.69) is 10.1 Å². The van der Waals surface area contributed by atoms with Crippen LogP contribution in [0.25, 0.3) is 0 Å². The van der Waals surface area contributed by atoms with Crippen LogP contribution in [0.1, 0.15) is 5.56 Å². The first-order valence-electron chi connectivity index (χ1n) is 7.71. The van der Waals surface area contributed by atoms with Crippen LogP contribution in [0.15, 0.2) is 42.5 Å². The van der Waals surface area contributed by atoms with Gasteiger partial charge < -0.3 is 19.5 Å². The number of ether oxygens (including phenoxy) is 3. The van der Waals surface area contributed by atoms with E-state index in [-0.39, 0.29) is 29.9 Å². The summed E-state index contributed by atoms with van der Waals surface area (Å²) in [5.41, 5.74) is 1.31. The molecule has 0 aliphatic carbocycles. The summed E-state index contributed by atoms with van der Waals surface area (Å²) in [5.74, 6) is 0.191. The number of rotatable bonds is 5. The lowest BCUT2D eigenvalue weighted by Gasteiger charge is -2.24. The second kappa shape index (κ2) is 7.38. The van der Waals surface area contributed by atoms with E-state index in [0.717, 1.165) is 11.3 Å². The average molecular weight is 349 g/mol. The van der Waals surface area contributed by atoms with Gasteiger partial charge in [-0.25, -0.2) is 0 Å². The van der Waals surface area contributed by atoms with E-state index in [1.54, 1.807) is 6.07 Å². The molecule has 1 N–H and O–H groups in total. The standard InChI is InChI=1S/C18H17F2NO4/c1-23-15-7-6-13(9-16(15)25-18(19)20)21-17(22)12-8-11-4-2-3-5-14(11)24-10-12/h2-7,9,12,18H,8,10H2,1H3,(H,21,22). The molecule has 0 bridgehead atoms. The highest BCUT2D eigenvalue weighted by atomic mass is 19.3. The Morgan fingerprint density at radius 1 is 1.24 bits per heavy atom. The van der Waals surface area contributed by atoms with E-state index < -0.39 is 6.61 Å². The lowest BCUT2D eigenvalue weighted by molar-refractivity contribution is -0.121. The van der Waals surface area contributed by atoms with Gasteiger partial charge in [0.2, 0.25) is 5.91 Å². The van der Waals surface area contributed by atoms with Gasteiger partial charge in [-0.05, 0) is 30.2 Å². The number of carbonyl (C=O) groups is 1. The van der Waals surface area contributed by atoms with Crippen LogP contribution < -0.4 is 19.5 Å². The summed E-state index contributed by atoms with van der Waals surface area (Å²) in [6.45, 7) is -2.72. The van der Waals surface area contributed by atoms with E-state index in [1.165, 1.54) is 19.2 Å². The zero-order valence-corrected chi connectivity index (χ0v) is 13.5. The van der Waals surface area contributed by atoms with Crippen LogP contribution in [0, 0.1) is 5.92 Å². The maximum atomic E-state index is 12.5. The topological polar surface area (TPSA) is 56.8 Å². The van der Waals surface area contributed by atoms with Gasteiger partial charge in [-0.15, -0.1) is 0 Å². The van der Waals surface area contributed by atoms with E-state index in [9.17, 15) is 13.6 Å². The molecule has 0 fully saturated rings. The molecule has 25 heavy (non-hydrogen) atoms. The summed E-state index contributed by atoms with van der Waals surface area (Å²) in [6.07, 6.45) is 0.554. The molecule has 0 saturated heterocycles. The van der Waals surface area contributed by atoms with Crippen LogP contribution in [0.2, 0.25) is 0 Å².